The highest BCUT2D eigenvalue weighted by Crippen LogP contribution is 2.52. The number of carbonyl (C=O) groups is 2. The molecule has 1 saturated heterocycles. The van der Waals surface area contributed by atoms with Gasteiger partial charge in [-0.1, -0.05) is 67.4 Å². The standard InChI is InChI=1S/C28H33Cl2NO2/c1-4-16-28(3)19-25(21-9-8-10-23(30)18-21)26(20-12-14-22(29)15-13-20)31(27(28)33)24(5-2)11-6-7-17-32/h4,8-10,12-15,17-18,24-26H,1,5-7,11,16,19H2,2-3H3/t24-,25+,26+,28-/m0/s1. The fraction of sp³-hybridized carbons (Fsp3) is 0.429. The number of piperidine rings is 1. The minimum Gasteiger partial charge on any atom is -0.332 e. The van der Waals surface area contributed by atoms with Crippen molar-refractivity contribution in [1.82, 2.24) is 4.90 Å². The van der Waals surface area contributed by atoms with Crippen molar-refractivity contribution in [2.45, 2.75) is 70.4 Å². The molecule has 0 saturated carbocycles. The fourth-order valence-electron chi connectivity index (χ4n) is 5.27. The monoisotopic (exact) mass is 485 g/mol. The first-order chi connectivity index (χ1) is 15.8. The molecule has 2 aromatic carbocycles. The van der Waals surface area contributed by atoms with Crippen LogP contribution in [0.5, 0.6) is 0 Å². The van der Waals surface area contributed by atoms with E-state index in [-0.39, 0.29) is 23.9 Å². The van der Waals surface area contributed by atoms with Gasteiger partial charge in [0.15, 0.2) is 0 Å². The molecule has 0 radical (unpaired) electrons. The van der Waals surface area contributed by atoms with Crippen LogP contribution < -0.4 is 0 Å². The summed E-state index contributed by atoms with van der Waals surface area (Å²) in [4.78, 5) is 27.2. The van der Waals surface area contributed by atoms with E-state index in [1.165, 1.54) is 0 Å². The van der Waals surface area contributed by atoms with Gasteiger partial charge in [0.05, 0.1) is 11.5 Å². The third kappa shape index (κ3) is 5.70. The van der Waals surface area contributed by atoms with Gasteiger partial charge >= 0.3 is 0 Å². The van der Waals surface area contributed by atoms with Crippen LogP contribution >= 0.6 is 23.2 Å². The van der Waals surface area contributed by atoms with Gasteiger partial charge in [-0.3, -0.25) is 4.79 Å². The van der Waals surface area contributed by atoms with E-state index in [2.05, 4.69) is 31.4 Å². The fourth-order valence-corrected chi connectivity index (χ4v) is 5.59. The van der Waals surface area contributed by atoms with Crippen LogP contribution in [0.3, 0.4) is 0 Å². The van der Waals surface area contributed by atoms with E-state index in [0.717, 1.165) is 36.7 Å². The highest BCUT2D eigenvalue weighted by molar-refractivity contribution is 6.30. The van der Waals surface area contributed by atoms with Gasteiger partial charge < -0.3 is 9.69 Å². The normalized spacial score (nSPS) is 23.9. The Balaban J connectivity index is 2.18. The Morgan fingerprint density at radius 3 is 2.48 bits per heavy atom. The van der Waals surface area contributed by atoms with Gasteiger partial charge in [0.25, 0.3) is 0 Å². The zero-order valence-corrected chi connectivity index (χ0v) is 21.0. The average Bonchev–Trinajstić information content (AvgIpc) is 2.80. The molecule has 0 spiro atoms. The summed E-state index contributed by atoms with van der Waals surface area (Å²) in [5.41, 5.74) is 1.63. The third-order valence-electron chi connectivity index (χ3n) is 6.91. The van der Waals surface area contributed by atoms with Crippen LogP contribution in [0, 0.1) is 5.41 Å². The zero-order valence-electron chi connectivity index (χ0n) is 19.5. The van der Waals surface area contributed by atoms with Gasteiger partial charge in [-0.25, -0.2) is 0 Å². The van der Waals surface area contributed by atoms with Crippen molar-refractivity contribution in [2.24, 2.45) is 5.41 Å². The van der Waals surface area contributed by atoms with Crippen LogP contribution in [-0.2, 0) is 9.59 Å². The lowest BCUT2D eigenvalue weighted by atomic mass is 9.67. The largest absolute Gasteiger partial charge is 0.332 e. The number of carbonyl (C=O) groups excluding carboxylic acids is 2. The Labute approximate surface area is 207 Å². The van der Waals surface area contributed by atoms with Crippen LogP contribution in [0.25, 0.3) is 0 Å². The van der Waals surface area contributed by atoms with Gasteiger partial charge in [-0.2, -0.15) is 0 Å². The molecule has 0 aromatic heterocycles. The molecule has 1 aliphatic rings. The van der Waals surface area contributed by atoms with Crippen molar-refractivity contribution in [1.29, 1.82) is 0 Å². The molecule has 1 fully saturated rings. The molecule has 33 heavy (non-hydrogen) atoms. The molecule has 5 heteroatoms. The van der Waals surface area contributed by atoms with Gasteiger partial charge in [0.1, 0.15) is 6.29 Å². The number of hydrogen-bond acceptors (Lipinski definition) is 2. The summed E-state index contributed by atoms with van der Waals surface area (Å²) in [6.45, 7) is 8.11. The third-order valence-corrected chi connectivity index (χ3v) is 7.40. The van der Waals surface area contributed by atoms with E-state index in [4.69, 9.17) is 23.2 Å². The Morgan fingerprint density at radius 2 is 1.88 bits per heavy atom. The molecule has 3 rings (SSSR count). The Kier molecular flexibility index (Phi) is 8.78. The lowest BCUT2D eigenvalue weighted by molar-refractivity contribution is -0.154. The minimum atomic E-state index is -0.560. The molecular weight excluding hydrogens is 453 g/mol. The van der Waals surface area contributed by atoms with Crippen molar-refractivity contribution in [3.8, 4) is 0 Å². The van der Waals surface area contributed by atoms with E-state index in [1.807, 2.05) is 48.5 Å². The van der Waals surface area contributed by atoms with E-state index >= 15 is 0 Å². The summed E-state index contributed by atoms with van der Waals surface area (Å²) in [6, 6.07) is 15.7. The van der Waals surface area contributed by atoms with Gasteiger partial charge in [0.2, 0.25) is 5.91 Å². The molecule has 1 aliphatic heterocycles. The van der Waals surface area contributed by atoms with Crippen LogP contribution in [-0.4, -0.2) is 23.1 Å². The number of rotatable bonds is 10. The maximum absolute atomic E-state index is 14.1. The Bertz CT molecular complexity index is 974. The van der Waals surface area contributed by atoms with Crippen LogP contribution in [0.15, 0.2) is 61.2 Å². The summed E-state index contributed by atoms with van der Waals surface area (Å²) in [6.07, 6.45) is 6.99. The predicted molar refractivity (Wildman–Crippen MR) is 137 cm³/mol. The molecular formula is C28H33Cl2NO2. The number of benzene rings is 2. The number of amides is 1. The number of halogens is 2. The second-order valence-electron chi connectivity index (χ2n) is 9.29. The molecule has 0 bridgehead atoms. The quantitative estimate of drug-likeness (QED) is 0.195. The first-order valence-electron chi connectivity index (χ1n) is 11.7. The van der Waals surface area contributed by atoms with Crippen LogP contribution in [0.1, 0.15) is 75.5 Å². The maximum Gasteiger partial charge on any atom is 0.229 e. The summed E-state index contributed by atoms with van der Waals surface area (Å²) >= 11 is 12.6. The van der Waals surface area contributed by atoms with Gasteiger partial charge in [0, 0.05) is 28.4 Å². The van der Waals surface area contributed by atoms with Crippen molar-refractivity contribution < 1.29 is 9.59 Å². The van der Waals surface area contributed by atoms with E-state index in [1.54, 1.807) is 0 Å². The second kappa shape index (κ2) is 11.4. The lowest BCUT2D eigenvalue weighted by Gasteiger charge is -2.52. The van der Waals surface area contributed by atoms with Crippen LogP contribution in [0.2, 0.25) is 10.0 Å². The molecule has 4 atom stereocenters. The maximum atomic E-state index is 14.1. The Hall–Kier alpha value is -2.10. The number of likely N-dealkylation sites (tertiary alicyclic amines) is 1. The molecule has 0 aliphatic carbocycles. The molecule has 176 valence electrons. The number of unbranched alkanes of at least 4 members (excludes halogenated alkanes) is 1. The van der Waals surface area contributed by atoms with Crippen molar-refractivity contribution >= 4 is 35.4 Å². The summed E-state index contributed by atoms with van der Waals surface area (Å²) < 4.78 is 0. The number of hydrogen-bond donors (Lipinski definition) is 0. The van der Waals surface area contributed by atoms with Crippen molar-refractivity contribution in [3.05, 3.63) is 82.4 Å². The highest BCUT2D eigenvalue weighted by Gasteiger charge is 2.50. The highest BCUT2D eigenvalue weighted by atomic mass is 35.5. The van der Waals surface area contributed by atoms with E-state index in [9.17, 15) is 9.59 Å². The Morgan fingerprint density at radius 1 is 1.15 bits per heavy atom. The molecule has 1 amide bonds. The minimum absolute atomic E-state index is 0.0317. The molecule has 0 unspecified atom stereocenters. The number of allylic oxidation sites excluding steroid dienone is 1. The molecule has 3 nitrogen and oxygen atoms in total. The first kappa shape index (κ1) is 25.5. The SMILES string of the molecule is C=CC[C@@]1(C)C[C@H](c2cccc(Cl)c2)[C@@H](c2ccc(Cl)cc2)N([C@@H](CC)CCCC=O)C1=O. The van der Waals surface area contributed by atoms with E-state index in [0.29, 0.717) is 29.3 Å². The molecule has 0 N–H and O–H groups in total. The summed E-state index contributed by atoms with van der Waals surface area (Å²) in [7, 11) is 0. The zero-order chi connectivity index (χ0) is 24.0. The number of aldehydes is 1. The summed E-state index contributed by atoms with van der Waals surface area (Å²) in [5, 5.41) is 1.36. The van der Waals surface area contributed by atoms with Crippen molar-refractivity contribution in [2.75, 3.05) is 0 Å². The average molecular weight is 486 g/mol. The molecule has 2 aromatic rings. The van der Waals surface area contributed by atoms with Crippen LogP contribution in [0.4, 0.5) is 0 Å². The molecule has 1 heterocycles. The van der Waals surface area contributed by atoms with Gasteiger partial charge in [-0.15, -0.1) is 6.58 Å². The van der Waals surface area contributed by atoms with Crippen molar-refractivity contribution in [3.63, 3.8) is 0 Å². The second-order valence-corrected chi connectivity index (χ2v) is 10.2. The lowest BCUT2D eigenvalue weighted by Crippen LogP contribution is -2.55. The summed E-state index contributed by atoms with van der Waals surface area (Å²) in [5.74, 6) is 0.214. The topological polar surface area (TPSA) is 37.4 Å². The first-order valence-corrected chi connectivity index (χ1v) is 12.5. The van der Waals surface area contributed by atoms with Gasteiger partial charge in [-0.05, 0) is 67.5 Å². The number of nitrogens with zero attached hydrogens (tertiary/aromatic N) is 1. The smallest absolute Gasteiger partial charge is 0.229 e. The predicted octanol–water partition coefficient (Wildman–Crippen LogP) is 7.78. The van der Waals surface area contributed by atoms with E-state index < -0.39 is 5.41 Å².